The lowest BCUT2D eigenvalue weighted by Gasteiger charge is -2.28. The molecule has 2 aliphatic rings. The van der Waals surface area contributed by atoms with Crippen molar-refractivity contribution in [2.45, 2.75) is 49.9 Å². The van der Waals surface area contributed by atoms with E-state index in [1.54, 1.807) is 0 Å². The molecule has 2 bridgehead atoms. The first-order chi connectivity index (χ1) is 10.2. The van der Waals surface area contributed by atoms with Gasteiger partial charge in [-0.05, 0) is 55.6 Å². The van der Waals surface area contributed by atoms with Crippen molar-refractivity contribution in [1.29, 1.82) is 0 Å². The number of hydrogen-bond donors (Lipinski definition) is 2. The number of carbonyl (C=O) groups is 1. The normalized spacial score (nSPS) is 26.3. The summed E-state index contributed by atoms with van der Waals surface area (Å²) >= 11 is 1.81. The Morgan fingerprint density at radius 2 is 1.86 bits per heavy atom. The molecule has 2 unspecified atom stereocenters. The third kappa shape index (κ3) is 4.64. The summed E-state index contributed by atoms with van der Waals surface area (Å²) in [5, 5.41) is 6.67. The van der Waals surface area contributed by atoms with Crippen molar-refractivity contribution in [3.8, 4) is 0 Å². The molecule has 1 aromatic carbocycles. The van der Waals surface area contributed by atoms with Crippen LogP contribution in [0.25, 0.3) is 0 Å². The number of nitrogens with one attached hydrogen (secondary N) is 2. The van der Waals surface area contributed by atoms with Crippen LogP contribution < -0.4 is 10.6 Å². The Kier molecular flexibility index (Phi) is 6.60. The molecule has 2 atom stereocenters. The summed E-state index contributed by atoms with van der Waals surface area (Å²) < 4.78 is 0. The van der Waals surface area contributed by atoms with Gasteiger partial charge in [0.25, 0.3) is 0 Å². The van der Waals surface area contributed by atoms with Crippen LogP contribution in [0.5, 0.6) is 0 Å². The van der Waals surface area contributed by atoms with Crippen molar-refractivity contribution >= 4 is 35.8 Å². The van der Waals surface area contributed by atoms with Crippen LogP contribution in [0.4, 0.5) is 5.69 Å². The average molecular weight is 341 g/mol. The number of carbonyl (C=O) groups excluding carboxylic acids is 1. The van der Waals surface area contributed by atoms with Crippen LogP contribution in [-0.4, -0.2) is 24.2 Å². The Morgan fingerprint density at radius 3 is 2.45 bits per heavy atom. The molecule has 1 aromatic rings. The summed E-state index contributed by atoms with van der Waals surface area (Å²) in [7, 11) is 0. The van der Waals surface area contributed by atoms with Gasteiger partial charge in [-0.1, -0.05) is 12.1 Å². The summed E-state index contributed by atoms with van der Waals surface area (Å²) in [5.41, 5.74) is 2.22. The molecule has 2 saturated heterocycles. The van der Waals surface area contributed by atoms with Crippen molar-refractivity contribution in [3.63, 3.8) is 0 Å². The molecule has 3 rings (SSSR count). The Bertz CT molecular complexity index is 482. The van der Waals surface area contributed by atoms with Crippen LogP contribution in [0, 0.1) is 5.92 Å². The van der Waals surface area contributed by atoms with Gasteiger partial charge in [-0.25, -0.2) is 0 Å². The van der Waals surface area contributed by atoms with E-state index in [4.69, 9.17) is 0 Å². The molecule has 2 heterocycles. The van der Waals surface area contributed by atoms with E-state index in [0.29, 0.717) is 24.4 Å². The number of piperidine rings is 1. The molecule has 2 aliphatic heterocycles. The number of halogens is 1. The maximum Gasteiger partial charge on any atom is 0.224 e. The quantitative estimate of drug-likeness (QED) is 0.855. The molecule has 0 aromatic heterocycles. The molecule has 3 nitrogen and oxygen atoms in total. The molecular weight excluding hydrogens is 316 g/mol. The molecule has 0 aliphatic carbocycles. The Hall–Kier alpha value is -0.710. The van der Waals surface area contributed by atoms with Crippen molar-refractivity contribution in [2.24, 2.45) is 5.92 Å². The van der Waals surface area contributed by atoms with Crippen molar-refractivity contribution in [3.05, 3.63) is 29.8 Å². The van der Waals surface area contributed by atoms with E-state index in [-0.39, 0.29) is 18.3 Å². The third-order valence-electron chi connectivity index (χ3n) is 4.59. The van der Waals surface area contributed by atoms with Crippen LogP contribution >= 0.6 is 24.2 Å². The molecule has 2 N–H and O–H groups in total. The van der Waals surface area contributed by atoms with Gasteiger partial charge in [0, 0.05) is 29.9 Å². The van der Waals surface area contributed by atoms with Gasteiger partial charge in [0.1, 0.15) is 0 Å². The fourth-order valence-corrected chi connectivity index (χ4v) is 4.19. The molecule has 0 radical (unpaired) electrons. The van der Waals surface area contributed by atoms with Crippen LogP contribution in [0.15, 0.2) is 24.3 Å². The zero-order valence-electron chi connectivity index (χ0n) is 13.0. The minimum Gasteiger partial charge on any atom is -0.326 e. The second kappa shape index (κ2) is 8.23. The highest BCUT2D eigenvalue weighted by Gasteiger charge is 2.34. The maximum atomic E-state index is 12.2. The number of rotatable bonds is 5. The van der Waals surface area contributed by atoms with E-state index in [9.17, 15) is 4.79 Å². The highest BCUT2D eigenvalue weighted by atomic mass is 35.5. The third-order valence-corrected chi connectivity index (χ3v) is 5.22. The summed E-state index contributed by atoms with van der Waals surface area (Å²) in [6.07, 6.45) is 7.68. The summed E-state index contributed by atoms with van der Waals surface area (Å²) in [4.78, 5) is 12.2. The fourth-order valence-electron chi connectivity index (χ4n) is 3.67. The lowest BCUT2D eigenvalue weighted by atomic mass is 9.89. The molecule has 0 saturated carbocycles. The van der Waals surface area contributed by atoms with Gasteiger partial charge < -0.3 is 10.6 Å². The van der Waals surface area contributed by atoms with Gasteiger partial charge in [-0.2, -0.15) is 11.8 Å². The number of hydrogen-bond acceptors (Lipinski definition) is 3. The Morgan fingerprint density at radius 1 is 1.23 bits per heavy atom. The molecule has 2 fully saturated rings. The molecule has 5 heteroatoms. The maximum absolute atomic E-state index is 12.2. The molecule has 1 amide bonds. The van der Waals surface area contributed by atoms with Gasteiger partial charge in [0.2, 0.25) is 5.91 Å². The van der Waals surface area contributed by atoms with Gasteiger partial charge in [-0.3, -0.25) is 4.79 Å². The van der Waals surface area contributed by atoms with Gasteiger partial charge in [-0.15, -0.1) is 12.4 Å². The lowest BCUT2D eigenvalue weighted by molar-refractivity contribution is -0.117. The highest BCUT2D eigenvalue weighted by molar-refractivity contribution is 7.97. The first kappa shape index (κ1) is 17.6. The number of benzene rings is 1. The van der Waals surface area contributed by atoms with Crippen molar-refractivity contribution in [1.82, 2.24) is 5.32 Å². The number of fused-ring (bicyclic) bond motifs is 2. The van der Waals surface area contributed by atoms with Crippen molar-refractivity contribution < 1.29 is 4.79 Å². The van der Waals surface area contributed by atoms with Gasteiger partial charge in [0.15, 0.2) is 0 Å². The Labute approximate surface area is 143 Å². The van der Waals surface area contributed by atoms with Crippen molar-refractivity contribution in [2.75, 3.05) is 11.6 Å². The first-order valence-corrected chi connectivity index (χ1v) is 9.26. The zero-order chi connectivity index (χ0) is 14.7. The van der Waals surface area contributed by atoms with E-state index in [0.717, 1.165) is 24.3 Å². The smallest absolute Gasteiger partial charge is 0.224 e. The van der Waals surface area contributed by atoms with Crippen LogP contribution in [0.1, 0.15) is 37.7 Å². The minimum atomic E-state index is 0. The zero-order valence-corrected chi connectivity index (χ0v) is 14.6. The van der Waals surface area contributed by atoms with Crippen LogP contribution in [-0.2, 0) is 10.5 Å². The SMILES string of the molecule is CSCc1ccc(NC(=O)CC2CC3CCC(C2)N3)cc1.Cl. The fraction of sp³-hybridized carbons (Fsp3) is 0.588. The molecule has 22 heavy (non-hydrogen) atoms. The van der Waals surface area contributed by atoms with E-state index < -0.39 is 0 Å². The van der Waals surface area contributed by atoms with E-state index in [2.05, 4.69) is 29.0 Å². The predicted octanol–water partition coefficient (Wildman–Crippen LogP) is 3.83. The van der Waals surface area contributed by atoms with Gasteiger partial charge >= 0.3 is 0 Å². The summed E-state index contributed by atoms with van der Waals surface area (Å²) in [6.45, 7) is 0. The second-order valence-corrected chi connectivity index (χ2v) is 7.22. The van der Waals surface area contributed by atoms with E-state index in [1.807, 2.05) is 23.9 Å². The van der Waals surface area contributed by atoms with Crippen LogP contribution in [0.3, 0.4) is 0 Å². The minimum absolute atomic E-state index is 0. The first-order valence-electron chi connectivity index (χ1n) is 7.86. The Balaban J connectivity index is 0.00000176. The average Bonchev–Trinajstić information content (AvgIpc) is 2.80. The summed E-state index contributed by atoms with van der Waals surface area (Å²) in [5.74, 6) is 1.74. The van der Waals surface area contributed by atoms with E-state index >= 15 is 0 Å². The van der Waals surface area contributed by atoms with E-state index in [1.165, 1.54) is 18.4 Å². The number of amides is 1. The molecule has 122 valence electrons. The highest BCUT2D eigenvalue weighted by Crippen LogP contribution is 2.32. The number of thioether (sulfide) groups is 1. The largest absolute Gasteiger partial charge is 0.326 e. The van der Waals surface area contributed by atoms with Gasteiger partial charge in [0.05, 0.1) is 0 Å². The standard InChI is InChI=1S/C17H24N2OS.ClH/c1-21-11-12-2-4-14(5-3-12)19-17(20)10-13-8-15-6-7-16(9-13)18-15;/h2-5,13,15-16,18H,6-11H2,1H3,(H,19,20);1H. The molecular formula is C17H25ClN2OS. The number of anilines is 1. The molecule has 0 spiro atoms. The lowest BCUT2D eigenvalue weighted by Crippen LogP contribution is -2.39. The second-order valence-electron chi connectivity index (χ2n) is 6.36. The monoisotopic (exact) mass is 340 g/mol. The summed E-state index contributed by atoms with van der Waals surface area (Å²) in [6, 6.07) is 9.53. The van der Waals surface area contributed by atoms with Crippen LogP contribution in [0.2, 0.25) is 0 Å². The predicted molar refractivity (Wildman–Crippen MR) is 96.8 cm³/mol. The topological polar surface area (TPSA) is 41.1 Å².